The molecule has 0 radical (unpaired) electrons. The van der Waals surface area contributed by atoms with Crippen molar-refractivity contribution in [2.45, 2.75) is 43.6 Å². The number of fused-ring (bicyclic) bond motifs is 4. The molecule has 30 heavy (non-hydrogen) atoms. The summed E-state index contributed by atoms with van der Waals surface area (Å²) in [4.78, 5) is 5.04. The molecule has 3 aromatic rings. The van der Waals surface area contributed by atoms with E-state index in [-0.39, 0.29) is 20.6 Å². The fraction of sp³-hybridized carbons (Fsp3) is 0.296. The molecule has 3 atom stereocenters. The zero-order valence-electron chi connectivity index (χ0n) is 18.0. The van der Waals surface area contributed by atoms with Crippen molar-refractivity contribution >= 4 is 20.4 Å². The van der Waals surface area contributed by atoms with Gasteiger partial charge >= 0.3 is 0 Å². The Balaban J connectivity index is 1.42. The van der Waals surface area contributed by atoms with Gasteiger partial charge in [-0.3, -0.25) is 0 Å². The van der Waals surface area contributed by atoms with Crippen molar-refractivity contribution in [2.24, 2.45) is 4.99 Å². The minimum absolute atomic E-state index is 0.0231. The van der Waals surface area contributed by atoms with Crippen molar-refractivity contribution in [2.75, 3.05) is 6.61 Å². The standard InChI is InChI=1S/C27H26NOP/c30-23-11-5-9-20-13-15-27(25(20)23)14-12-19-8-4-10-22(24(19)27)26-28-21(17-29-26)16-18-6-2-1-3-7-18/h1-11,21H,12-17,30H2/t21-,27-/m0/s1/i30D/t21-,27-,30?. The molecule has 0 N–H and O–H groups in total. The molecule has 0 saturated carbocycles. The van der Waals surface area contributed by atoms with Crippen LogP contribution in [0.2, 0.25) is 0 Å². The number of hydrogen-bond acceptors (Lipinski definition) is 2. The predicted octanol–water partition coefficient (Wildman–Crippen LogP) is 4.75. The SMILES string of the molecule is [2H]Pc1cccc2c1[C@]1(CC2)CCc2cccc(C3=N[C@@H](Cc4ccccc4)CO3)c21. The minimum atomic E-state index is 0.0231. The summed E-state index contributed by atoms with van der Waals surface area (Å²) in [6, 6.07) is 24.0. The summed E-state index contributed by atoms with van der Waals surface area (Å²) in [7, 11) is 0.0824. The summed E-state index contributed by atoms with van der Waals surface area (Å²) in [5.74, 6) is 0.818. The molecule has 3 aromatic carbocycles. The zero-order chi connectivity index (χ0) is 20.8. The quantitative estimate of drug-likeness (QED) is 0.567. The largest absolute Gasteiger partial charge is 0.475 e. The van der Waals surface area contributed by atoms with Crippen LogP contribution < -0.4 is 5.30 Å². The fourth-order valence-corrected chi connectivity index (χ4v) is 6.42. The smallest absolute Gasteiger partial charge is 0.216 e. The maximum absolute atomic E-state index is 8.18. The Labute approximate surface area is 181 Å². The van der Waals surface area contributed by atoms with E-state index in [0.29, 0.717) is 6.61 Å². The van der Waals surface area contributed by atoms with Crippen LogP contribution in [0.15, 0.2) is 71.7 Å². The molecule has 1 aliphatic heterocycles. The van der Waals surface area contributed by atoms with Crippen molar-refractivity contribution in [1.29, 1.82) is 1.28 Å². The van der Waals surface area contributed by atoms with Crippen molar-refractivity contribution in [3.63, 3.8) is 0 Å². The number of aryl methyl sites for hydroxylation is 2. The van der Waals surface area contributed by atoms with Gasteiger partial charge in [-0.15, -0.1) is 9.18 Å². The van der Waals surface area contributed by atoms with Gasteiger partial charge in [0.1, 0.15) is 6.61 Å². The summed E-state index contributed by atoms with van der Waals surface area (Å²) in [6.07, 6.45) is 5.38. The summed E-state index contributed by atoms with van der Waals surface area (Å²) >= 11 is 0. The van der Waals surface area contributed by atoms with Crippen LogP contribution in [-0.2, 0) is 29.4 Å². The number of rotatable bonds is 4. The third kappa shape index (κ3) is 2.77. The van der Waals surface area contributed by atoms with E-state index in [4.69, 9.17) is 11.0 Å². The molecular weight excluding hydrogens is 385 g/mol. The first-order valence-corrected chi connectivity index (χ1v) is 11.5. The molecule has 3 heteroatoms. The first-order valence-electron chi connectivity index (χ1n) is 11.5. The van der Waals surface area contributed by atoms with Crippen LogP contribution in [0.1, 0.15) is 46.2 Å². The second-order valence-electron chi connectivity index (χ2n) is 8.85. The lowest BCUT2D eigenvalue weighted by Crippen LogP contribution is -2.28. The van der Waals surface area contributed by atoms with E-state index < -0.39 is 0 Å². The Hall–Kier alpha value is -2.44. The van der Waals surface area contributed by atoms with E-state index in [1.807, 2.05) is 0 Å². The van der Waals surface area contributed by atoms with E-state index in [2.05, 4.69) is 66.7 Å². The van der Waals surface area contributed by atoms with Gasteiger partial charge in [-0.1, -0.05) is 60.7 Å². The molecule has 1 spiro atoms. The zero-order valence-corrected chi connectivity index (χ0v) is 18.0. The van der Waals surface area contributed by atoms with Crippen LogP contribution in [-0.4, -0.2) is 19.8 Å². The predicted molar refractivity (Wildman–Crippen MR) is 126 cm³/mol. The van der Waals surface area contributed by atoms with E-state index in [0.717, 1.165) is 38.0 Å². The van der Waals surface area contributed by atoms with Crippen LogP contribution in [0, 0.1) is 0 Å². The second kappa shape index (κ2) is 7.06. The molecule has 0 aromatic heterocycles. The fourth-order valence-electron chi connectivity index (χ4n) is 5.93. The Morgan fingerprint density at radius 2 is 1.70 bits per heavy atom. The third-order valence-corrected chi connectivity index (χ3v) is 7.57. The van der Waals surface area contributed by atoms with Crippen LogP contribution in [0.25, 0.3) is 0 Å². The lowest BCUT2D eigenvalue weighted by Gasteiger charge is -2.30. The highest BCUT2D eigenvalue weighted by Gasteiger charge is 2.47. The molecule has 150 valence electrons. The molecule has 0 saturated heterocycles. The Bertz CT molecular complexity index is 1170. The molecule has 1 heterocycles. The number of ether oxygens (including phenoxy) is 1. The maximum atomic E-state index is 8.18. The molecular formula is C27H26NOP. The van der Waals surface area contributed by atoms with Crippen LogP contribution in [0.4, 0.5) is 0 Å². The van der Waals surface area contributed by atoms with Gasteiger partial charge in [0.15, 0.2) is 0 Å². The average molecular weight is 412 g/mol. The van der Waals surface area contributed by atoms with Gasteiger partial charge in [-0.05, 0) is 71.3 Å². The molecule has 2 aliphatic carbocycles. The van der Waals surface area contributed by atoms with Gasteiger partial charge in [0.2, 0.25) is 5.90 Å². The monoisotopic (exact) mass is 412 g/mol. The highest BCUT2D eigenvalue weighted by Crippen LogP contribution is 2.53. The Morgan fingerprint density at radius 3 is 2.50 bits per heavy atom. The lowest BCUT2D eigenvalue weighted by atomic mass is 9.74. The molecule has 2 nitrogen and oxygen atoms in total. The van der Waals surface area contributed by atoms with E-state index in [9.17, 15) is 0 Å². The topological polar surface area (TPSA) is 21.6 Å². The van der Waals surface area contributed by atoms with Crippen molar-refractivity contribution < 1.29 is 4.74 Å². The first-order chi connectivity index (χ1) is 15.3. The molecule has 0 bridgehead atoms. The highest BCUT2D eigenvalue weighted by atomic mass is 31.0. The van der Waals surface area contributed by atoms with Crippen molar-refractivity contribution in [1.82, 2.24) is 0 Å². The van der Waals surface area contributed by atoms with Gasteiger partial charge in [0.05, 0.1) is 7.32 Å². The van der Waals surface area contributed by atoms with Crippen molar-refractivity contribution in [3.8, 4) is 0 Å². The molecule has 0 fully saturated rings. The molecule has 0 amide bonds. The van der Waals surface area contributed by atoms with E-state index >= 15 is 0 Å². The molecule has 3 aliphatic rings. The Kier molecular flexibility index (Phi) is 4.06. The summed E-state index contributed by atoms with van der Waals surface area (Å²) < 4.78 is 14.4. The van der Waals surface area contributed by atoms with Gasteiger partial charge < -0.3 is 4.74 Å². The third-order valence-electron chi connectivity index (χ3n) is 7.16. The van der Waals surface area contributed by atoms with E-state index in [1.54, 1.807) is 0 Å². The molecule has 1 unspecified atom stereocenters. The summed E-state index contributed by atoms with van der Waals surface area (Å²) in [5, 5.41) is 1.22. The summed E-state index contributed by atoms with van der Waals surface area (Å²) in [5.41, 5.74) is 8.26. The Morgan fingerprint density at radius 1 is 0.933 bits per heavy atom. The average Bonchev–Trinajstić information content (AvgIpc) is 3.53. The van der Waals surface area contributed by atoms with Crippen LogP contribution in [0.3, 0.4) is 0 Å². The van der Waals surface area contributed by atoms with E-state index in [1.165, 1.54) is 38.7 Å². The number of benzene rings is 3. The van der Waals surface area contributed by atoms with Crippen LogP contribution >= 0.6 is 9.18 Å². The van der Waals surface area contributed by atoms with Gasteiger partial charge in [-0.25, -0.2) is 4.99 Å². The number of hydrogen-bond donors (Lipinski definition) is 0. The summed E-state index contributed by atoms with van der Waals surface area (Å²) in [6.45, 7) is 0.650. The molecule has 6 rings (SSSR count). The number of aliphatic imine (C=N–C) groups is 1. The van der Waals surface area contributed by atoms with Crippen molar-refractivity contribution in [3.05, 3.63) is 100 Å². The number of nitrogens with zero attached hydrogens (tertiary/aromatic N) is 1. The van der Waals surface area contributed by atoms with Gasteiger partial charge in [-0.2, -0.15) is 0 Å². The first kappa shape index (κ1) is 17.3. The second-order valence-corrected chi connectivity index (χ2v) is 9.39. The normalized spacial score (nSPS) is 24.7. The lowest BCUT2D eigenvalue weighted by molar-refractivity contribution is 0.316. The van der Waals surface area contributed by atoms with Crippen LogP contribution in [0.5, 0.6) is 0 Å². The minimum Gasteiger partial charge on any atom is -0.475 e. The maximum Gasteiger partial charge on any atom is 0.216 e. The van der Waals surface area contributed by atoms with Gasteiger partial charge in [0, 0.05) is 11.0 Å². The highest BCUT2D eigenvalue weighted by molar-refractivity contribution is 7.27. The van der Waals surface area contributed by atoms with Gasteiger partial charge in [0.25, 0.3) is 0 Å².